The van der Waals surface area contributed by atoms with Gasteiger partial charge in [0.15, 0.2) is 0 Å². The molecular formula is C18H17FN2O3. The van der Waals surface area contributed by atoms with E-state index < -0.39 is 11.7 Å². The van der Waals surface area contributed by atoms with Crippen molar-refractivity contribution in [3.63, 3.8) is 0 Å². The minimum Gasteiger partial charge on any atom is -0.394 e. The molecule has 0 saturated carbocycles. The highest BCUT2D eigenvalue weighted by molar-refractivity contribution is 5.99. The van der Waals surface area contributed by atoms with Gasteiger partial charge in [0.1, 0.15) is 5.82 Å². The Morgan fingerprint density at radius 3 is 2.75 bits per heavy atom. The minimum absolute atomic E-state index is 0.0393. The van der Waals surface area contributed by atoms with Crippen LogP contribution in [-0.4, -0.2) is 24.2 Å². The Balaban J connectivity index is 2.28. The van der Waals surface area contributed by atoms with Crippen LogP contribution in [-0.2, 0) is 4.84 Å². The van der Waals surface area contributed by atoms with E-state index in [0.29, 0.717) is 5.69 Å². The van der Waals surface area contributed by atoms with Gasteiger partial charge in [-0.15, -0.1) is 6.42 Å². The number of amides is 1. The normalized spacial score (nSPS) is 10.1. The average molecular weight is 328 g/mol. The summed E-state index contributed by atoms with van der Waals surface area (Å²) in [6, 6.07) is 9.07. The predicted octanol–water partition coefficient (Wildman–Crippen LogP) is 2.51. The maximum Gasteiger partial charge on any atom is 0.276 e. The van der Waals surface area contributed by atoms with E-state index in [1.165, 1.54) is 18.2 Å². The number of aryl methyl sites for hydroxylation is 1. The van der Waals surface area contributed by atoms with E-state index in [-0.39, 0.29) is 24.5 Å². The van der Waals surface area contributed by atoms with E-state index >= 15 is 0 Å². The number of carbonyl (C=O) groups excluding carboxylic acids is 1. The summed E-state index contributed by atoms with van der Waals surface area (Å²) in [5.74, 6) is 1.50. The van der Waals surface area contributed by atoms with Crippen LogP contribution in [0.4, 0.5) is 15.8 Å². The van der Waals surface area contributed by atoms with Gasteiger partial charge in [0.05, 0.1) is 24.5 Å². The van der Waals surface area contributed by atoms with Crippen molar-refractivity contribution < 1.29 is 19.1 Å². The second-order valence-corrected chi connectivity index (χ2v) is 4.99. The molecule has 6 heteroatoms. The fraction of sp³-hybridized carbons (Fsp3) is 0.167. The van der Waals surface area contributed by atoms with E-state index in [0.717, 1.165) is 11.1 Å². The van der Waals surface area contributed by atoms with Gasteiger partial charge in [0.2, 0.25) is 0 Å². The maximum absolute atomic E-state index is 13.6. The number of rotatable bonds is 6. The molecule has 0 aliphatic heterocycles. The molecule has 2 aromatic carbocycles. The summed E-state index contributed by atoms with van der Waals surface area (Å²) in [4.78, 5) is 16.9. The van der Waals surface area contributed by atoms with Crippen molar-refractivity contribution in [3.8, 4) is 12.3 Å². The molecule has 5 nitrogen and oxygen atoms in total. The molecule has 0 spiro atoms. The number of terminal acetylenes is 1. The quantitative estimate of drug-likeness (QED) is 0.433. The molecule has 0 unspecified atom stereocenters. The van der Waals surface area contributed by atoms with Crippen LogP contribution in [0.5, 0.6) is 0 Å². The smallest absolute Gasteiger partial charge is 0.276 e. The second-order valence-electron chi connectivity index (χ2n) is 4.99. The van der Waals surface area contributed by atoms with Crippen molar-refractivity contribution in [2.45, 2.75) is 6.92 Å². The third-order valence-electron chi connectivity index (χ3n) is 3.25. The Labute approximate surface area is 139 Å². The summed E-state index contributed by atoms with van der Waals surface area (Å²) in [5.41, 5.74) is 4.97. The maximum atomic E-state index is 13.6. The zero-order valence-corrected chi connectivity index (χ0v) is 13.1. The largest absolute Gasteiger partial charge is 0.394 e. The highest BCUT2D eigenvalue weighted by Crippen LogP contribution is 2.25. The number of halogens is 1. The van der Waals surface area contributed by atoms with E-state index in [1.54, 1.807) is 12.1 Å². The standard InChI is InChI=1S/C18H17FN2O3/c1-3-13-4-7-16(12(2)10-13)20-17-11-14(19)5-6-15(17)18(23)21-24-9-8-22/h1,4-7,10-11,20,22H,8-9H2,2H3,(H,21,23). The Morgan fingerprint density at radius 2 is 2.08 bits per heavy atom. The first-order chi connectivity index (χ1) is 11.5. The van der Waals surface area contributed by atoms with Crippen LogP contribution in [0.25, 0.3) is 0 Å². The zero-order valence-electron chi connectivity index (χ0n) is 13.1. The van der Waals surface area contributed by atoms with Crippen molar-refractivity contribution >= 4 is 17.3 Å². The lowest BCUT2D eigenvalue weighted by molar-refractivity contribution is 0.0169. The molecule has 0 saturated heterocycles. The van der Waals surface area contributed by atoms with Gasteiger partial charge in [0.25, 0.3) is 5.91 Å². The van der Waals surface area contributed by atoms with E-state index in [1.807, 2.05) is 13.0 Å². The number of benzene rings is 2. The number of nitrogens with one attached hydrogen (secondary N) is 2. The van der Waals surface area contributed by atoms with Gasteiger partial charge in [-0.3, -0.25) is 9.63 Å². The lowest BCUT2D eigenvalue weighted by atomic mass is 10.1. The molecule has 124 valence electrons. The van der Waals surface area contributed by atoms with Gasteiger partial charge in [-0.1, -0.05) is 5.92 Å². The lowest BCUT2D eigenvalue weighted by Gasteiger charge is -2.14. The Bertz CT molecular complexity index is 784. The van der Waals surface area contributed by atoms with Crippen molar-refractivity contribution in [1.82, 2.24) is 5.48 Å². The summed E-state index contributed by atoms with van der Waals surface area (Å²) < 4.78 is 13.6. The topological polar surface area (TPSA) is 70.6 Å². The monoisotopic (exact) mass is 328 g/mol. The number of hydroxylamine groups is 1. The summed E-state index contributed by atoms with van der Waals surface area (Å²) in [6.45, 7) is 1.59. The molecule has 0 aliphatic rings. The molecule has 0 aliphatic carbocycles. The van der Waals surface area contributed by atoms with Crippen molar-refractivity contribution in [2.24, 2.45) is 0 Å². The zero-order chi connectivity index (χ0) is 17.5. The van der Waals surface area contributed by atoms with Gasteiger partial charge in [0, 0.05) is 11.3 Å². The molecule has 0 radical (unpaired) electrons. The van der Waals surface area contributed by atoms with E-state index in [2.05, 4.69) is 16.7 Å². The van der Waals surface area contributed by atoms with Crippen LogP contribution in [0.2, 0.25) is 0 Å². The number of hydrogen-bond donors (Lipinski definition) is 3. The highest BCUT2D eigenvalue weighted by Gasteiger charge is 2.13. The van der Waals surface area contributed by atoms with Gasteiger partial charge in [-0.2, -0.15) is 0 Å². The van der Waals surface area contributed by atoms with Crippen LogP contribution in [0.3, 0.4) is 0 Å². The molecule has 0 bridgehead atoms. The van der Waals surface area contributed by atoms with Crippen LogP contribution < -0.4 is 10.8 Å². The van der Waals surface area contributed by atoms with Crippen LogP contribution in [0.1, 0.15) is 21.5 Å². The first kappa shape index (κ1) is 17.5. The van der Waals surface area contributed by atoms with Gasteiger partial charge < -0.3 is 10.4 Å². The van der Waals surface area contributed by atoms with Gasteiger partial charge in [-0.05, 0) is 48.9 Å². The molecule has 24 heavy (non-hydrogen) atoms. The van der Waals surface area contributed by atoms with Crippen LogP contribution in [0, 0.1) is 25.1 Å². The van der Waals surface area contributed by atoms with Crippen LogP contribution in [0.15, 0.2) is 36.4 Å². The third-order valence-corrected chi connectivity index (χ3v) is 3.25. The van der Waals surface area contributed by atoms with Crippen molar-refractivity contribution in [2.75, 3.05) is 18.5 Å². The number of carbonyl (C=O) groups is 1. The highest BCUT2D eigenvalue weighted by atomic mass is 19.1. The summed E-state index contributed by atoms with van der Waals surface area (Å²) in [5, 5.41) is 11.7. The molecule has 1 amide bonds. The summed E-state index contributed by atoms with van der Waals surface area (Å²) >= 11 is 0. The van der Waals surface area contributed by atoms with Crippen molar-refractivity contribution in [1.29, 1.82) is 0 Å². The molecule has 2 aromatic rings. The Morgan fingerprint density at radius 1 is 1.29 bits per heavy atom. The minimum atomic E-state index is -0.552. The number of anilines is 2. The summed E-state index contributed by atoms with van der Waals surface area (Å²) in [7, 11) is 0. The van der Waals surface area contributed by atoms with Crippen molar-refractivity contribution in [3.05, 3.63) is 58.9 Å². The molecular weight excluding hydrogens is 311 g/mol. The molecule has 0 fully saturated rings. The fourth-order valence-electron chi connectivity index (χ4n) is 2.07. The molecule has 0 aromatic heterocycles. The molecule has 0 heterocycles. The Kier molecular flexibility index (Phi) is 5.90. The number of hydrogen-bond acceptors (Lipinski definition) is 4. The molecule has 2 rings (SSSR count). The molecule has 3 N–H and O–H groups in total. The lowest BCUT2D eigenvalue weighted by Crippen LogP contribution is -2.26. The fourth-order valence-corrected chi connectivity index (χ4v) is 2.07. The SMILES string of the molecule is C#Cc1ccc(Nc2cc(F)ccc2C(=O)NOCCO)c(C)c1. The van der Waals surface area contributed by atoms with E-state index in [4.69, 9.17) is 16.4 Å². The Hall–Kier alpha value is -2.88. The first-order valence-electron chi connectivity index (χ1n) is 7.22. The predicted molar refractivity (Wildman–Crippen MR) is 89.3 cm³/mol. The summed E-state index contributed by atoms with van der Waals surface area (Å²) in [6.07, 6.45) is 5.36. The third kappa shape index (κ3) is 4.32. The number of aliphatic hydroxyl groups excluding tert-OH is 1. The van der Waals surface area contributed by atoms with Crippen LogP contribution >= 0.6 is 0 Å². The van der Waals surface area contributed by atoms with Gasteiger partial charge >= 0.3 is 0 Å². The first-order valence-corrected chi connectivity index (χ1v) is 7.22. The number of aliphatic hydroxyl groups is 1. The second kappa shape index (κ2) is 8.11. The van der Waals surface area contributed by atoms with E-state index in [9.17, 15) is 9.18 Å². The molecule has 0 atom stereocenters. The average Bonchev–Trinajstić information content (AvgIpc) is 2.57. The van der Waals surface area contributed by atoms with Gasteiger partial charge in [-0.25, -0.2) is 9.87 Å².